The van der Waals surface area contributed by atoms with Gasteiger partial charge in [0.25, 0.3) is 11.1 Å². The van der Waals surface area contributed by atoms with Gasteiger partial charge < -0.3 is 29.0 Å². The average molecular weight is 673 g/mol. The van der Waals surface area contributed by atoms with Crippen molar-refractivity contribution in [2.24, 2.45) is 12.5 Å². The number of fused-ring (bicyclic) bond motifs is 3. The molecule has 2 saturated heterocycles. The highest BCUT2D eigenvalue weighted by Crippen LogP contribution is 2.37. The van der Waals surface area contributed by atoms with E-state index in [9.17, 15) is 14.7 Å². The number of rotatable bonds is 7. The van der Waals surface area contributed by atoms with Gasteiger partial charge in [-0.3, -0.25) is 19.1 Å². The molecular weight excluding hydrogens is 631 g/mol. The first-order valence-corrected chi connectivity index (χ1v) is 17.1. The minimum atomic E-state index is -0.365. The molecule has 50 heavy (non-hydrogen) atoms. The molecule has 2 N–H and O–H groups in total. The Balaban J connectivity index is 1.07. The summed E-state index contributed by atoms with van der Waals surface area (Å²) in [7, 11) is 8.17. The lowest BCUT2D eigenvalue weighted by molar-refractivity contribution is -0.0963. The lowest BCUT2D eigenvalue weighted by atomic mass is 9.73. The molecular formula is C37H41BN8O4. The van der Waals surface area contributed by atoms with Gasteiger partial charge in [0.15, 0.2) is 0 Å². The van der Waals surface area contributed by atoms with Crippen molar-refractivity contribution in [3.05, 3.63) is 98.8 Å². The Kier molecular flexibility index (Phi) is 7.77. The van der Waals surface area contributed by atoms with Crippen molar-refractivity contribution in [2.45, 2.75) is 51.7 Å². The second-order valence-corrected chi connectivity index (χ2v) is 14.9. The Morgan fingerprint density at radius 1 is 1.06 bits per heavy atom. The minimum absolute atomic E-state index is 0.166. The number of aliphatic hydroxyl groups excluding tert-OH is 1. The molecule has 13 heteroatoms. The van der Waals surface area contributed by atoms with Crippen LogP contribution in [-0.4, -0.2) is 85.7 Å². The van der Waals surface area contributed by atoms with Crippen molar-refractivity contribution >= 4 is 30.6 Å². The van der Waals surface area contributed by atoms with Crippen LogP contribution < -0.4 is 21.3 Å². The quantitative estimate of drug-likeness (QED) is 0.252. The van der Waals surface area contributed by atoms with Crippen molar-refractivity contribution in [1.82, 2.24) is 28.4 Å². The summed E-state index contributed by atoms with van der Waals surface area (Å²) in [6, 6.07) is 9.64. The number of anilines is 3. The number of piperazine rings is 1. The van der Waals surface area contributed by atoms with Crippen LogP contribution in [-0.2, 0) is 31.2 Å². The summed E-state index contributed by atoms with van der Waals surface area (Å²) in [6.45, 7) is 9.94. The van der Waals surface area contributed by atoms with Gasteiger partial charge in [0.05, 0.1) is 31.7 Å². The molecule has 0 amide bonds. The molecule has 2 aliphatic heterocycles. The van der Waals surface area contributed by atoms with Crippen LogP contribution in [0, 0.1) is 5.41 Å². The van der Waals surface area contributed by atoms with E-state index in [0.717, 1.165) is 38.2 Å². The smallest absolute Gasteiger partial charge is 0.280 e. The molecule has 0 saturated carbocycles. The molecule has 3 aliphatic rings. The van der Waals surface area contributed by atoms with Crippen LogP contribution in [0.5, 0.6) is 0 Å². The van der Waals surface area contributed by atoms with Crippen LogP contribution in [0.2, 0.25) is 0 Å². The van der Waals surface area contributed by atoms with Gasteiger partial charge in [0, 0.05) is 79.8 Å². The largest absolute Gasteiger partial charge is 0.392 e. The maximum absolute atomic E-state index is 13.8. The molecule has 12 nitrogen and oxygen atoms in total. The average Bonchev–Trinajstić information content (AvgIpc) is 3.58. The minimum Gasteiger partial charge on any atom is -0.392 e. The summed E-state index contributed by atoms with van der Waals surface area (Å²) in [4.78, 5) is 40.9. The predicted molar refractivity (Wildman–Crippen MR) is 194 cm³/mol. The molecule has 0 bridgehead atoms. The van der Waals surface area contributed by atoms with Gasteiger partial charge in [-0.2, -0.15) is 0 Å². The lowest BCUT2D eigenvalue weighted by Crippen LogP contribution is -2.68. The van der Waals surface area contributed by atoms with Crippen molar-refractivity contribution < 1.29 is 9.84 Å². The first kappa shape index (κ1) is 32.5. The third-order valence-electron chi connectivity index (χ3n) is 10.6. The van der Waals surface area contributed by atoms with E-state index in [2.05, 4.69) is 45.9 Å². The molecule has 8 rings (SSSR count). The molecule has 1 atom stereocenters. The zero-order chi connectivity index (χ0) is 34.9. The fourth-order valence-corrected chi connectivity index (χ4v) is 7.90. The second-order valence-electron chi connectivity index (χ2n) is 14.9. The highest BCUT2D eigenvalue weighted by Gasteiger charge is 2.41. The van der Waals surface area contributed by atoms with E-state index in [1.54, 1.807) is 37.8 Å². The van der Waals surface area contributed by atoms with Gasteiger partial charge in [-0.15, -0.1) is 0 Å². The summed E-state index contributed by atoms with van der Waals surface area (Å²) in [5, 5.41) is 13.9. The second kappa shape index (κ2) is 12.0. The summed E-state index contributed by atoms with van der Waals surface area (Å²) in [6.07, 6.45) is 10.6. The summed E-state index contributed by atoms with van der Waals surface area (Å²) in [5.74, 6) is 0.875. The number of hydrogen-bond donors (Lipinski definition) is 2. The third-order valence-corrected chi connectivity index (χ3v) is 10.6. The van der Waals surface area contributed by atoms with Crippen molar-refractivity contribution in [2.75, 3.05) is 43.1 Å². The molecule has 5 aromatic rings. The van der Waals surface area contributed by atoms with Gasteiger partial charge in [0.1, 0.15) is 30.7 Å². The summed E-state index contributed by atoms with van der Waals surface area (Å²) >= 11 is 0. The Bertz CT molecular complexity index is 2240. The summed E-state index contributed by atoms with van der Waals surface area (Å²) < 4.78 is 10.3. The fraction of sp³-hybridized carbons (Fsp3) is 0.405. The standard InChI is InChI=1S/C37H41BN8O4/c1-23-18-43(37(38)21-50-22-37)9-10-44(23)26-5-6-32(40-17-26)41-29-13-25(19-42(4)34(29)48)27-7-8-39-33(28(27)20-47)46-12-11-45-30(35(46)49)14-24-15-36(2,3)16-31(24)45/h5-8,11-14,17,19,23,47H,9-10,15-16,18,20-22H2,1-4H3,(H,40,41)/t23-/m0/s1. The van der Waals surface area contributed by atoms with Gasteiger partial charge in [0.2, 0.25) is 0 Å². The number of nitrogens with one attached hydrogen (secondary N) is 1. The van der Waals surface area contributed by atoms with E-state index >= 15 is 0 Å². The highest BCUT2D eigenvalue weighted by molar-refractivity contribution is 6.16. The van der Waals surface area contributed by atoms with E-state index in [0.29, 0.717) is 52.7 Å². The van der Waals surface area contributed by atoms with Gasteiger partial charge in [-0.25, -0.2) is 9.97 Å². The van der Waals surface area contributed by atoms with Crippen LogP contribution in [0.3, 0.4) is 0 Å². The molecule has 0 unspecified atom stereocenters. The molecule has 7 heterocycles. The molecule has 2 fully saturated rings. The maximum Gasteiger partial charge on any atom is 0.280 e. The van der Waals surface area contributed by atoms with Crippen LogP contribution in [0.1, 0.15) is 37.6 Å². The number of aromatic nitrogens is 5. The summed E-state index contributed by atoms with van der Waals surface area (Å²) in [5.41, 5.74) is 5.46. The molecule has 0 spiro atoms. The van der Waals surface area contributed by atoms with E-state index < -0.39 is 0 Å². The fourth-order valence-electron chi connectivity index (χ4n) is 7.90. The number of hydrogen-bond acceptors (Lipinski definition) is 9. The normalized spacial score (nSPS) is 19.8. The Morgan fingerprint density at radius 3 is 2.58 bits per heavy atom. The monoisotopic (exact) mass is 672 g/mol. The third kappa shape index (κ3) is 5.44. The van der Waals surface area contributed by atoms with Crippen molar-refractivity contribution in [3.63, 3.8) is 0 Å². The topological polar surface area (TPSA) is 122 Å². The molecule has 0 aromatic carbocycles. The van der Waals surface area contributed by atoms with E-state index in [1.165, 1.54) is 20.4 Å². The molecule has 5 aromatic heterocycles. The zero-order valence-electron chi connectivity index (χ0n) is 28.9. The molecule has 256 valence electrons. The SMILES string of the molecule is [B]C1(N2CCN(c3ccc(Nc4cc(-c5ccnc(-n6ccn7c8c(cc7c6=O)CC(C)(C)C8)c5CO)cn(C)c4=O)nc3)[C@@H](C)C2)COC1. The Hall–Kier alpha value is -4.72. The Labute approximate surface area is 291 Å². The van der Waals surface area contributed by atoms with Crippen LogP contribution in [0.15, 0.2) is 70.9 Å². The first-order valence-electron chi connectivity index (χ1n) is 17.1. The lowest BCUT2D eigenvalue weighted by Gasteiger charge is -2.53. The highest BCUT2D eigenvalue weighted by atomic mass is 16.5. The first-order chi connectivity index (χ1) is 23.9. The van der Waals surface area contributed by atoms with Gasteiger partial charge in [-0.05, 0) is 66.6 Å². The number of aliphatic hydroxyl groups is 1. The number of nitrogens with zero attached hydrogens (tertiary/aromatic N) is 7. The Morgan fingerprint density at radius 2 is 1.88 bits per heavy atom. The van der Waals surface area contributed by atoms with E-state index in [1.807, 2.05) is 35.0 Å². The molecule has 1 aliphatic carbocycles. The van der Waals surface area contributed by atoms with E-state index in [4.69, 9.17) is 12.6 Å². The van der Waals surface area contributed by atoms with Crippen LogP contribution in [0.4, 0.5) is 17.2 Å². The van der Waals surface area contributed by atoms with Crippen molar-refractivity contribution in [1.29, 1.82) is 0 Å². The zero-order valence-corrected chi connectivity index (χ0v) is 28.9. The predicted octanol–water partition coefficient (Wildman–Crippen LogP) is 3.01. The van der Waals surface area contributed by atoms with Crippen LogP contribution in [0.25, 0.3) is 22.5 Å². The maximum atomic E-state index is 13.8. The van der Waals surface area contributed by atoms with E-state index in [-0.39, 0.29) is 34.6 Å². The van der Waals surface area contributed by atoms with Crippen molar-refractivity contribution in [3.8, 4) is 16.9 Å². The van der Waals surface area contributed by atoms with Gasteiger partial charge >= 0.3 is 0 Å². The van der Waals surface area contributed by atoms with Crippen LogP contribution >= 0.6 is 0 Å². The van der Waals surface area contributed by atoms with Gasteiger partial charge in [-0.1, -0.05) is 13.8 Å². The number of aryl methyl sites for hydroxylation is 1. The molecule has 2 radical (unpaired) electrons. The number of ether oxygens (including phenoxy) is 1. The number of pyridine rings is 3.